The molecule has 1 aliphatic rings. The minimum atomic E-state index is -3.61. The third kappa shape index (κ3) is 2.90. The van der Waals surface area contributed by atoms with E-state index in [0.29, 0.717) is 18.0 Å². The summed E-state index contributed by atoms with van der Waals surface area (Å²) in [5, 5.41) is 0.411. The molecule has 0 saturated carbocycles. The van der Waals surface area contributed by atoms with Crippen molar-refractivity contribution in [1.82, 2.24) is 4.98 Å². The molecule has 4 nitrogen and oxygen atoms in total. The van der Waals surface area contributed by atoms with E-state index in [-0.39, 0.29) is 4.90 Å². The summed E-state index contributed by atoms with van der Waals surface area (Å²) in [6.07, 6.45) is 4.19. The summed E-state index contributed by atoms with van der Waals surface area (Å²) < 4.78 is 27.4. The summed E-state index contributed by atoms with van der Waals surface area (Å²) in [6.45, 7) is 0.435. The van der Waals surface area contributed by atoms with Crippen LogP contribution in [-0.2, 0) is 16.4 Å². The molecular formula is C19H15ClN2O2S. The summed E-state index contributed by atoms with van der Waals surface area (Å²) in [7, 11) is -3.61. The molecular weight excluding hydrogens is 356 g/mol. The second-order valence-corrected chi connectivity index (χ2v) is 8.16. The van der Waals surface area contributed by atoms with E-state index in [2.05, 4.69) is 11.1 Å². The normalized spacial score (nSPS) is 13.7. The van der Waals surface area contributed by atoms with Crippen molar-refractivity contribution < 1.29 is 8.42 Å². The van der Waals surface area contributed by atoms with Crippen LogP contribution in [0.3, 0.4) is 0 Å². The standard InChI is InChI=1S/C19H15ClN2O2S/c20-17-2-1-3-18(13-17)25(23,24)22-11-8-16-12-15(4-5-19(16)22)14-6-9-21-10-7-14/h1-7,9-10,12-13H,8,11H2. The van der Waals surface area contributed by atoms with Gasteiger partial charge in [-0.15, -0.1) is 0 Å². The number of hydrogen-bond donors (Lipinski definition) is 0. The van der Waals surface area contributed by atoms with Gasteiger partial charge in [0.25, 0.3) is 10.0 Å². The predicted molar refractivity (Wildman–Crippen MR) is 99.4 cm³/mol. The Morgan fingerprint density at radius 3 is 2.52 bits per heavy atom. The molecule has 0 bridgehead atoms. The first-order chi connectivity index (χ1) is 12.1. The average Bonchev–Trinajstić information content (AvgIpc) is 3.06. The lowest BCUT2D eigenvalue weighted by Crippen LogP contribution is -2.29. The maximum Gasteiger partial charge on any atom is 0.264 e. The Morgan fingerprint density at radius 1 is 0.960 bits per heavy atom. The Hall–Kier alpha value is -2.37. The van der Waals surface area contributed by atoms with Gasteiger partial charge in [-0.25, -0.2) is 8.42 Å². The molecule has 126 valence electrons. The van der Waals surface area contributed by atoms with Crippen LogP contribution in [-0.4, -0.2) is 19.9 Å². The molecule has 3 aromatic rings. The number of rotatable bonds is 3. The number of anilines is 1. The third-order valence-corrected chi connectivity index (χ3v) is 6.37. The molecule has 0 atom stereocenters. The van der Waals surface area contributed by atoms with Crippen molar-refractivity contribution in [3.8, 4) is 11.1 Å². The van der Waals surface area contributed by atoms with Gasteiger partial charge in [0.15, 0.2) is 0 Å². The highest BCUT2D eigenvalue weighted by Gasteiger charge is 2.31. The summed E-state index contributed by atoms with van der Waals surface area (Å²) in [5.41, 5.74) is 3.88. The number of benzene rings is 2. The molecule has 1 aromatic heterocycles. The van der Waals surface area contributed by atoms with E-state index in [9.17, 15) is 8.42 Å². The topological polar surface area (TPSA) is 50.3 Å². The zero-order chi connectivity index (χ0) is 17.4. The van der Waals surface area contributed by atoms with E-state index in [0.717, 1.165) is 22.4 Å². The van der Waals surface area contributed by atoms with Gasteiger partial charge in [-0.05, 0) is 65.6 Å². The molecule has 0 unspecified atom stereocenters. The van der Waals surface area contributed by atoms with Gasteiger partial charge in [0.05, 0.1) is 10.6 Å². The molecule has 0 N–H and O–H groups in total. The minimum Gasteiger partial charge on any atom is -0.266 e. The van der Waals surface area contributed by atoms with E-state index in [1.54, 1.807) is 30.6 Å². The molecule has 0 spiro atoms. The van der Waals surface area contributed by atoms with E-state index < -0.39 is 10.0 Å². The number of sulfonamides is 1. The van der Waals surface area contributed by atoms with Crippen LogP contribution in [0.25, 0.3) is 11.1 Å². The van der Waals surface area contributed by atoms with Crippen molar-refractivity contribution in [1.29, 1.82) is 0 Å². The Balaban J connectivity index is 1.73. The van der Waals surface area contributed by atoms with Gasteiger partial charge in [0, 0.05) is 24.0 Å². The van der Waals surface area contributed by atoms with E-state index in [4.69, 9.17) is 11.6 Å². The molecule has 0 amide bonds. The largest absolute Gasteiger partial charge is 0.266 e. The molecule has 6 heteroatoms. The number of fused-ring (bicyclic) bond motifs is 1. The van der Waals surface area contributed by atoms with E-state index in [1.807, 2.05) is 24.3 Å². The molecule has 0 fully saturated rings. The van der Waals surface area contributed by atoms with E-state index in [1.165, 1.54) is 10.4 Å². The van der Waals surface area contributed by atoms with Gasteiger partial charge in [-0.3, -0.25) is 9.29 Å². The maximum atomic E-state index is 13.0. The fourth-order valence-electron chi connectivity index (χ4n) is 3.10. The predicted octanol–water partition coefficient (Wildman–Crippen LogP) is 4.15. The lowest BCUT2D eigenvalue weighted by molar-refractivity contribution is 0.592. The second-order valence-electron chi connectivity index (χ2n) is 5.86. The average molecular weight is 371 g/mol. The smallest absolute Gasteiger partial charge is 0.264 e. The number of hydrogen-bond acceptors (Lipinski definition) is 3. The van der Waals surface area contributed by atoms with Gasteiger partial charge in [0.1, 0.15) is 0 Å². The van der Waals surface area contributed by atoms with Crippen molar-refractivity contribution in [3.05, 3.63) is 77.6 Å². The van der Waals surface area contributed by atoms with Crippen LogP contribution in [0.1, 0.15) is 5.56 Å². The lowest BCUT2D eigenvalue weighted by Gasteiger charge is -2.20. The lowest BCUT2D eigenvalue weighted by atomic mass is 10.0. The number of aromatic nitrogens is 1. The molecule has 25 heavy (non-hydrogen) atoms. The summed E-state index contributed by atoms with van der Waals surface area (Å²) in [4.78, 5) is 4.24. The molecule has 4 rings (SSSR count). The summed E-state index contributed by atoms with van der Waals surface area (Å²) in [5.74, 6) is 0. The molecule has 0 saturated heterocycles. The molecule has 0 radical (unpaired) electrons. The zero-order valence-corrected chi connectivity index (χ0v) is 14.8. The molecule has 0 aliphatic carbocycles. The van der Waals surface area contributed by atoms with Gasteiger partial charge >= 0.3 is 0 Å². The Bertz CT molecular complexity index is 1040. The SMILES string of the molecule is O=S(=O)(c1cccc(Cl)c1)N1CCc2cc(-c3ccncc3)ccc21. The number of halogens is 1. The minimum absolute atomic E-state index is 0.214. The van der Waals surface area contributed by atoms with Crippen molar-refractivity contribution >= 4 is 27.3 Å². The highest BCUT2D eigenvalue weighted by molar-refractivity contribution is 7.92. The van der Waals surface area contributed by atoms with Crippen LogP contribution in [0.15, 0.2) is 71.9 Å². The van der Waals surface area contributed by atoms with Crippen molar-refractivity contribution in [2.75, 3.05) is 10.8 Å². The quantitative estimate of drug-likeness (QED) is 0.695. The maximum absolute atomic E-state index is 13.0. The van der Waals surface area contributed by atoms with Crippen LogP contribution in [0.4, 0.5) is 5.69 Å². The fourth-order valence-corrected chi connectivity index (χ4v) is 4.90. The highest BCUT2D eigenvalue weighted by Crippen LogP contribution is 2.36. The molecule has 1 aliphatic heterocycles. The fraction of sp³-hybridized carbons (Fsp3) is 0.105. The Morgan fingerprint density at radius 2 is 1.76 bits per heavy atom. The van der Waals surface area contributed by atoms with E-state index >= 15 is 0 Å². The van der Waals surface area contributed by atoms with Crippen molar-refractivity contribution in [2.45, 2.75) is 11.3 Å². The third-order valence-electron chi connectivity index (χ3n) is 4.33. The van der Waals surface area contributed by atoms with Gasteiger partial charge < -0.3 is 0 Å². The van der Waals surface area contributed by atoms with Crippen LogP contribution < -0.4 is 4.31 Å². The van der Waals surface area contributed by atoms with Gasteiger partial charge in [0.2, 0.25) is 0 Å². The Kier molecular flexibility index (Phi) is 3.98. The summed E-state index contributed by atoms with van der Waals surface area (Å²) >= 11 is 5.96. The van der Waals surface area contributed by atoms with Crippen LogP contribution in [0, 0.1) is 0 Å². The molecule has 2 aromatic carbocycles. The number of nitrogens with zero attached hydrogens (tertiary/aromatic N) is 2. The first kappa shape index (κ1) is 16.1. The number of pyridine rings is 1. The first-order valence-electron chi connectivity index (χ1n) is 7.87. The summed E-state index contributed by atoms with van der Waals surface area (Å²) in [6, 6.07) is 16.1. The monoisotopic (exact) mass is 370 g/mol. The Labute approximate surface area is 151 Å². The first-order valence-corrected chi connectivity index (χ1v) is 9.69. The van der Waals surface area contributed by atoms with Gasteiger partial charge in [-0.1, -0.05) is 23.7 Å². The van der Waals surface area contributed by atoms with Crippen molar-refractivity contribution in [3.63, 3.8) is 0 Å². The van der Waals surface area contributed by atoms with Crippen LogP contribution in [0.5, 0.6) is 0 Å². The molecule has 2 heterocycles. The highest BCUT2D eigenvalue weighted by atomic mass is 35.5. The zero-order valence-electron chi connectivity index (χ0n) is 13.3. The van der Waals surface area contributed by atoms with Crippen LogP contribution in [0.2, 0.25) is 5.02 Å². The van der Waals surface area contributed by atoms with Crippen molar-refractivity contribution in [2.24, 2.45) is 0 Å². The van der Waals surface area contributed by atoms with Gasteiger partial charge in [-0.2, -0.15) is 0 Å². The second kappa shape index (κ2) is 6.17. The van der Waals surface area contributed by atoms with Crippen LogP contribution >= 0.6 is 11.6 Å².